The van der Waals surface area contributed by atoms with Crippen LogP contribution in [-0.4, -0.2) is 38.3 Å². The van der Waals surface area contributed by atoms with Gasteiger partial charge in [0, 0.05) is 6.61 Å². The number of halogens is 1. The quantitative estimate of drug-likeness (QED) is 0.148. The summed E-state index contributed by atoms with van der Waals surface area (Å²) in [5, 5.41) is 10.5. The van der Waals surface area contributed by atoms with Crippen molar-refractivity contribution in [1.29, 1.82) is 0 Å². The summed E-state index contributed by atoms with van der Waals surface area (Å²) >= 11 is 2.25. The summed E-state index contributed by atoms with van der Waals surface area (Å²) in [6.07, 6.45) is 5.47. The molecule has 158 valence electrons. The van der Waals surface area contributed by atoms with E-state index in [4.69, 9.17) is 9.16 Å². The fourth-order valence-electron chi connectivity index (χ4n) is 3.10. The molecule has 1 N–H and O–H groups in total. The monoisotopic (exact) mass is 508 g/mol. The van der Waals surface area contributed by atoms with Gasteiger partial charge in [0.15, 0.2) is 8.32 Å². The Morgan fingerprint density at radius 2 is 2.00 bits per heavy atom. The van der Waals surface area contributed by atoms with Crippen molar-refractivity contribution in [3.05, 3.63) is 22.3 Å². The number of hydrogen-bond donors (Lipinski definition) is 1. The van der Waals surface area contributed by atoms with E-state index in [2.05, 4.69) is 76.5 Å². The van der Waals surface area contributed by atoms with Gasteiger partial charge in [-0.05, 0) is 94.3 Å². The van der Waals surface area contributed by atoms with Crippen LogP contribution in [-0.2, 0) is 9.16 Å². The Morgan fingerprint density at radius 3 is 2.56 bits per heavy atom. The molecular formula is C22H41IO3Si. The van der Waals surface area contributed by atoms with E-state index < -0.39 is 8.32 Å². The minimum absolute atomic E-state index is 0.101. The molecule has 0 aromatic heterocycles. The third-order valence-electron chi connectivity index (χ3n) is 6.16. The van der Waals surface area contributed by atoms with Crippen LogP contribution in [0.3, 0.4) is 0 Å². The second-order valence-corrected chi connectivity index (χ2v) is 15.9. The van der Waals surface area contributed by atoms with Gasteiger partial charge in [-0.1, -0.05) is 40.9 Å². The molecule has 0 saturated carbocycles. The van der Waals surface area contributed by atoms with Crippen molar-refractivity contribution < 1.29 is 14.3 Å². The summed E-state index contributed by atoms with van der Waals surface area (Å²) in [7, 11) is -1.65. The van der Waals surface area contributed by atoms with Gasteiger partial charge < -0.3 is 14.3 Å². The predicted octanol–water partition coefficient (Wildman–Crippen LogP) is 6.62. The Bertz CT molecular complexity index is 498. The Labute approximate surface area is 182 Å². The van der Waals surface area contributed by atoms with Crippen molar-refractivity contribution >= 4 is 30.9 Å². The molecule has 5 heteroatoms. The highest BCUT2D eigenvalue weighted by Crippen LogP contribution is 2.37. The van der Waals surface area contributed by atoms with Gasteiger partial charge in [-0.2, -0.15) is 0 Å². The van der Waals surface area contributed by atoms with Crippen molar-refractivity contribution in [2.45, 2.75) is 103 Å². The normalized spacial score (nSPS) is 23.5. The fourth-order valence-corrected chi connectivity index (χ4v) is 4.44. The van der Waals surface area contributed by atoms with Crippen LogP contribution >= 0.6 is 22.6 Å². The third-order valence-corrected chi connectivity index (χ3v) is 11.8. The highest BCUT2D eigenvalue weighted by atomic mass is 127. The molecule has 1 saturated heterocycles. The van der Waals surface area contributed by atoms with Crippen LogP contribution in [0.4, 0.5) is 0 Å². The number of aliphatic hydroxyl groups is 1. The summed E-state index contributed by atoms with van der Waals surface area (Å²) in [5.41, 5.74) is 1.18. The van der Waals surface area contributed by atoms with Crippen LogP contribution in [0.1, 0.15) is 66.2 Å². The number of rotatable bonds is 11. The molecule has 1 rings (SSSR count). The first-order valence-corrected chi connectivity index (χ1v) is 14.3. The second kappa shape index (κ2) is 10.9. The summed E-state index contributed by atoms with van der Waals surface area (Å²) in [6, 6.07) is 0. The first kappa shape index (κ1) is 25.3. The first-order chi connectivity index (χ1) is 12.3. The Hall–Kier alpha value is 0.307. The van der Waals surface area contributed by atoms with Crippen LogP contribution in [0.15, 0.2) is 22.3 Å². The number of ether oxygens (including phenoxy) is 1. The van der Waals surface area contributed by atoms with Gasteiger partial charge in [-0.25, -0.2) is 0 Å². The van der Waals surface area contributed by atoms with E-state index in [0.717, 1.165) is 48.7 Å². The molecule has 1 fully saturated rings. The zero-order valence-corrected chi connectivity index (χ0v) is 21.5. The lowest BCUT2D eigenvalue weighted by Crippen LogP contribution is -2.41. The van der Waals surface area contributed by atoms with E-state index in [0.29, 0.717) is 5.92 Å². The molecule has 0 aromatic rings. The highest BCUT2D eigenvalue weighted by molar-refractivity contribution is 14.1. The molecular weight excluding hydrogens is 467 g/mol. The van der Waals surface area contributed by atoms with E-state index in [1.165, 1.54) is 5.57 Å². The minimum Gasteiger partial charge on any atom is -0.417 e. The molecule has 4 atom stereocenters. The standard InChI is InChI=1S/C22H41IO3Si/c1-16(18(3)23)14-19(24)11-12-21-17(2)15-20(26-21)10-9-13-25-27(7,8)22(4,5)6/h16,19-21,24H,2-3,9-15H2,1,4-8H3/t16-,19-,20+,21+/m1/s1. The van der Waals surface area contributed by atoms with Crippen LogP contribution < -0.4 is 0 Å². The molecule has 1 heterocycles. The van der Waals surface area contributed by atoms with E-state index in [1.54, 1.807) is 0 Å². The van der Waals surface area contributed by atoms with Gasteiger partial charge in [0.1, 0.15) is 0 Å². The number of hydrogen-bond acceptors (Lipinski definition) is 3. The number of aliphatic hydroxyl groups excluding tert-OH is 1. The SMILES string of the molecule is C=C(I)[C@H](C)C[C@H](O)CC[C@@H]1O[C@@H](CCCO[Si](C)(C)C(C)(C)C)CC1=C. The number of allylic oxidation sites excluding steroid dienone is 1. The maximum Gasteiger partial charge on any atom is 0.191 e. The van der Waals surface area contributed by atoms with Crippen molar-refractivity contribution in [3.8, 4) is 0 Å². The molecule has 3 nitrogen and oxygen atoms in total. The average Bonchev–Trinajstić information content (AvgIpc) is 2.88. The molecule has 0 bridgehead atoms. The first-order valence-electron chi connectivity index (χ1n) is 10.3. The lowest BCUT2D eigenvalue weighted by atomic mass is 9.97. The van der Waals surface area contributed by atoms with Crippen molar-refractivity contribution in [1.82, 2.24) is 0 Å². The predicted molar refractivity (Wildman–Crippen MR) is 127 cm³/mol. The second-order valence-electron chi connectivity index (χ2n) is 9.67. The van der Waals surface area contributed by atoms with E-state index >= 15 is 0 Å². The summed E-state index contributed by atoms with van der Waals surface area (Å²) in [5.74, 6) is 0.349. The Balaban J connectivity index is 2.29. The maximum absolute atomic E-state index is 10.3. The van der Waals surface area contributed by atoms with Gasteiger partial charge in [-0.3, -0.25) is 0 Å². The van der Waals surface area contributed by atoms with Gasteiger partial charge in [-0.15, -0.1) is 0 Å². The summed E-state index contributed by atoms with van der Waals surface area (Å²) in [6.45, 7) is 22.5. The molecule has 1 aliphatic rings. The van der Waals surface area contributed by atoms with Crippen LogP contribution in [0.2, 0.25) is 18.1 Å². The average molecular weight is 509 g/mol. The van der Waals surface area contributed by atoms with Gasteiger partial charge in [0.05, 0.1) is 18.3 Å². The molecule has 0 amide bonds. The smallest absolute Gasteiger partial charge is 0.191 e. The van der Waals surface area contributed by atoms with Crippen molar-refractivity contribution in [2.24, 2.45) is 5.92 Å². The largest absolute Gasteiger partial charge is 0.417 e. The van der Waals surface area contributed by atoms with Gasteiger partial charge >= 0.3 is 0 Å². The zero-order valence-electron chi connectivity index (χ0n) is 18.3. The van der Waals surface area contributed by atoms with E-state index in [1.807, 2.05) is 0 Å². The molecule has 0 unspecified atom stereocenters. The molecule has 0 aromatic carbocycles. The van der Waals surface area contributed by atoms with Crippen LogP contribution in [0.5, 0.6) is 0 Å². The minimum atomic E-state index is -1.65. The van der Waals surface area contributed by atoms with Crippen molar-refractivity contribution in [2.75, 3.05) is 6.61 Å². The Morgan fingerprint density at radius 1 is 1.37 bits per heavy atom. The molecule has 1 aliphatic heterocycles. The van der Waals surface area contributed by atoms with Crippen molar-refractivity contribution in [3.63, 3.8) is 0 Å². The molecule has 0 aliphatic carbocycles. The van der Waals surface area contributed by atoms with Crippen LogP contribution in [0, 0.1) is 5.92 Å². The highest BCUT2D eigenvalue weighted by Gasteiger charge is 2.37. The lowest BCUT2D eigenvalue weighted by Gasteiger charge is -2.36. The molecule has 0 spiro atoms. The maximum atomic E-state index is 10.3. The fraction of sp³-hybridized carbons (Fsp3) is 0.818. The lowest BCUT2D eigenvalue weighted by molar-refractivity contribution is 0.0294. The van der Waals surface area contributed by atoms with Crippen LogP contribution in [0.25, 0.3) is 0 Å². The third kappa shape index (κ3) is 8.68. The summed E-state index contributed by atoms with van der Waals surface area (Å²) < 4.78 is 13.6. The van der Waals surface area contributed by atoms with Gasteiger partial charge in [0.25, 0.3) is 0 Å². The topological polar surface area (TPSA) is 38.7 Å². The zero-order chi connectivity index (χ0) is 20.8. The van der Waals surface area contributed by atoms with E-state index in [9.17, 15) is 5.11 Å². The van der Waals surface area contributed by atoms with Gasteiger partial charge in [0.2, 0.25) is 0 Å². The molecule has 27 heavy (non-hydrogen) atoms. The summed E-state index contributed by atoms with van der Waals surface area (Å²) in [4.78, 5) is 0. The molecule has 0 radical (unpaired) electrons. The Kier molecular flexibility index (Phi) is 10.2. The van der Waals surface area contributed by atoms with E-state index in [-0.39, 0.29) is 23.4 Å².